The van der Waals surface area contributed by atoms with Crippen LogP contribution >= 0.6 is 0 Å². The Balaban J connectivity index is 1.63. The van der Waals surface area contributed by atoms with Gasteiger partial charge in [0.1, 0.15) is 0 Å². The van der Waals surface area contributed by atoms with Crippen molar-refractivity contribution < 1.29 is 9.47 Å². The van der Waals surface area contributed by atoms with E-state index in [2.05, 4.69) is 4.90 Å². The normalized spacial score (nSPS) is 30.2. The van der Waals surface area contributed by atoms with E-state index in [4.69, 9.17) is 15.2 Å². The lowest BCUT2D eigenvalue weighted by Gasteiger charge is -2.34. The first-order valence-electron chi connectivity index (χ1n) is 5.50. The lowest BCUT2D eigenvalue weighted by molar-refractivity contribution is -0.0528. The summed E-state index contributed by atoms with van der Waals surface area (Å²) in [4.78, 5) is 2.46. The van der Waals surface area contributed by atoms with E-state index in [0.29, 0.717) is 6.54 Å². The molecule has 0 aromatic rings. The second kappa shape index (κ2) is 5.07. The highest BCUT2D eigenvalue weighted by Crippen LogP contribution is 2.15. The van der Waals surface area contributed by atoms with Gasteiger partial charge in [-0.1, -0.05) is 0 Å². The Bertz CT molecular complexity index is 174. The van der Waals surface area contributed by atoms with Crippen molar-refractivity contribution in [1.29, 1.82) is 0 Å². The van der Waals surface area contributed by atoms with Gasteiger partial charge in [0.15, 0.2) is 0 Å². The van der Waals surface area contributed by atoms with Gasteiger partial charge in [0, 0.05) is 25.6 Å². The van der Waals surface area contributed by atoms with Gasteiger partial charge in [0.05, 0.1) is 25.9 Å². The molecule has 0 radical (unpaired) electrons. The van der Waals surface area contributed by atoms with E-state index in [1.165, 1.54) is 13.0 Å². The Hall–Kier alpha value is -0.160. The molecule has 1 unspecified atom stereocenters. The van der Waals surface area contributed by atoms with Crippen LogP contribution in [0.5, 0.6) is 0 Å². The highest BCUT2D eigenvalue weighted by molar-refractivity contribution is 4.74. The van der Waals surface area contributed by atoms with Crippen LogP contribution in [-0.2, 0) is 9.47 Å². The largest absolute Gasteiger partial charge is 0.381 e. The maximum absolute atomic E-state index is 5.59. The molecule has 4 nitrogen and oxygen atoms in total. The van der Waals surface area contributed by atoms with Gasteiger partial charge in [-0.15, -0.1) is 0 Å². The van der Waals surface area contributed by atoms with Gasteiger partial charge in [-0.05, 0) is 13.0 Å². The van der Waals surface area contributed by atoms with E-state index in [9.17, 15) is 0 Å². The summed E-state index contributed by atoms with van der Waals surface area (Å²) in [7, 11) is 0. The summed E-state index contributed by atoms with van der Waals surface area (Å²) in [5, 5.41) is 0. The summed E-state index contributed by atoms with van der Waals surface area (Å²) in [6.07, 6.45) is 1.51. The third-order valence-corrected chi connectivity index (χ3v) is 3.05. The number of rotatable bonds is 4. The van der Waals surface area contributed by atoms with Gasteiger partial charge in [0.2, 0.25) is 0 Å². The average molecular weight is 200 g/mol. The van der Waals surface area contributed by atoms with E-state index in [0.717, 1.165) is 38.8 Å². The van der Waals surface area contributed by atoms with Crippen LogP contribution < -0.4 is 5.73 Å². The average Bonchev–Trinajstić information content (AvgIpc) is 2.16. The first-order valence-corrected chi connectivity index (χ1v) is 5.50. The Labute approximate surface area is 85.3 Å². The first-order chi connectivity index (χ1) is 6.88. The van der Waals surface area contributed by atoms with Crippen LogP contribution in [0.2, 0.25) is 0 Å². The van der Waals surface area contributed by atoms with Crippen molar-refractivity contribution >= 4 is 0 Å². The summed E-state index contributed by atoms with van der Waals surface area (Å²) in [5.41, 5.74) is 5.59. The summed E-state index contributed by atoms with van der Waals surface area (Å²) >= 11 is 0. The molecule has 1 atom stereocenters. The smallest absolute Gasteiger partial charge is 0.0824 e. The Morgan fingerprint density at radius 3 is 2.86 bits per heavy atom. The van der Waals surface area contributed by atoms with Crippen molar-refractivity contribution in [3.63, 3.8) is 0 Å². The Morgan fingerprint density at radius 2 is 2.21 bits per heavy atom. The molecule has 0 spiro atoms. The molecule has 2 aliphatic rings. The van der Waals surface area contributed by atoms with Gasteiger partial charge in [-0.2, -0.15) is 0 Å². The molecule has 2 aliphatic heterocycles. The van der Waals surface area contributed by atoms with E-state index in [1.54, 1.807) is 0 Å². The molecule has 2 fully saturated rings. The third-order valence-electron chi connectivity index (χ3n) is 3.05. The van der Waals surface area contributed by atoms with Crippen molar-refractivity contribution in [3.8, 4) is 0 Å². The molecule has 2 heterocycles. The zero-order valence-corrected chi connectivity index (χ0v) is 8.65. The number of morpholine rings is 1. The zero-order valence-electron chi connectivity index (χ0n) is 8.65. The number of hydrogen-bond donors (Lipinski definition) is 1. The molecule has 0 aromatic heterocycles. The first kappa shape index (κ1) is 10.4. The molecule has 0 aliphatic carbocycles. The molecular weight excluding hydrogens is 180 g/mol. The molecule has 14 heavy (non-hydrogen) atoms. The fourth-order valence-electron chi connectivity index (χ4n) is 1.94. The molecule has 0 bridgehead atoms. The third kappa shape index (κ3) is 2.67. The predicted molar refractivity (Wildman–Crippen MR) is 54.2 cm³/mol. The minimum atomic E-state index is 0.251. The monoisotopic (exact) mass is 200 g/mol. The Kier molecular flexibility index (Phi) is 3.75. The number of ether oxygens (including phenoxy) is 2. The summed E-state index contributed by atoms with van der Waals surface area (Å²) in [6.45, 7) is 6.64. The highest BCUT2D eigenvalue weighted by Gasteiger charge is 2.22. The second-order valence-electron chi connectivity index (χ2n) is 4.22. The standard InChI is InChI=1S/C10H20N2O2/c11-5-10-6-12(3-4-14-10)2-1-9-7-13-8-9/h9-10H,1-8,11H2. The van der Waals surface area contributed by atoms with Crippen molar-refractivity contribution in [2.24, 2.45) is 11.7 Å². The van der Waals surface area contributed by atoms with Gasteiger partial charge in [0.25, 0.3) is 0 Å². The summed E-state index contributed by atoms with van der Waals surface area (Å²) < 4.78 is 10.7. The van der Waals surface area contributed by atoms with E-state index in [-0.39, 0.29) is 6.10 Å². The van der Waals surface area contributed by atoms with Crippen LogP contribution in [0.4, 0.5) is 0 Å². The minimum absolute atomic E-state index is 0.251. The van der Waals surface area contributed by atoms with E-state index in [1.807, 2.05) is 0 Å². The van der Waals surface area contributed by atoms with Crippen molar-refractivity contribution in [2.45, 2.75) is 12.5 Å². The molecule has 2 N–H and O–H groups in total. The van der Waals surface area contributed by atoms with Gasteiger partial charge in [-0.25, -0.2) is 0 Å². The van der Waals surface area contributed by atoms with Crippen LogP contribution in [0.15, 0.2) is 0 Å². The second-order valence-corrected chi connectivity index (χ2v) is 4.22. The topological polar surface area (TPSA) is 47.7 Å². The van der Waals surface area contributed by atoms with Crippen LogP contribution in [0.25, 0.3) is 0 Å². The molecule has 2 saturated heterocycles. The van der Waals surface area contributed by atoms with Gasteiger partial charge in [-0.3, -0.25) is 4.90 Å². The molecular formula is C10H20N2O2. The lowest BCUT2D eigenvalue weighted by Crippen LogP contribution is -2.46. The maximum atomic E-state index is 5.59. The van der Waals surface area contributed by atoms with Crippen molar-refractivity contribution in [2.75, 3.05) is 46.0 Å². The number of nitrogens with zero attached hydrogens (tertiary/aromatic N) is 1. The molecule has 0 aromatic carbocycles. The fourth-order valence-corrected chi connectivity index (χ4v) is 1.94. The molecule has 0 amide bonds. The summed E-state index contributed by atoms with van der Waals surface area (Å²) in [5.74, 6) is 0.800. The minimum Gasteiger partial charge on any atom is -0.381 e. The van der Waals surface area contributed by atoms with Crippen LogP contribution in [-0.4, -0.2) is 57.0 Å². The molecule has 82 valence electrons. The van der Waals surface area contributed by atoms with Gasteiger partial charge < -0.3 is 15.2 Å². The van der Waals surface area contributed by atoms with Gasteiger partial charge >= 0.3 is 0 Å². The number of nitrogens with two attached hydrogens (primary N) is 1. The summed E-state index contributed by atoms with van der Waals surface area (Å²) in [6, 6.07) is 0. The van der Waals surface area contributed by atoms with Crippen LogP contribution in [0, 0.1) is 5.92 Å². The quantitative estimate of drug-likeness (QED) is 0.676. The SMILES string of the molecule is NCC1CN(CCC2COC2)CCO1. The maximum Gasteiger partial charge on any atom is 0.0824 e. The van der Waals surface area contributed by atoms with Crippen molar-refractivity contribution in [1.82, 2.24) is 4.90 Å². The van der Waals surface area contributed by atoms with E-state index >= 15 is 0 Å². The lowest BCUT2D eigenvalue weighted by atomic mass is 10.0. The highest BCUT2D eigenvalue weighted by atomic mass is 16.5. The molecule has 4 heteroatoms. The van der Waals surface area contributed by atoms with E-state index < -0.39 is 0 Å². The van der Waals surface area contributed by atoms with Crippen molar-refractivity contribution in [3.05, 3.63) is 0 Å². The van der Waals surface area contributed by atoms with Crippen LogP contribution in [0.3, 0.4) is 0 Å². The molecule has 2 rings (SSSR count). The Morgan fingerprint density at radius 1 is 1.36 bits per heavy atom. The predicted octanol–water partition coefficient (Wildman–Crippen LogP) is -0.318. The zero-order chi connectivity index (χ0) is 9.80. The molecule has 0 saturated carbocycles. The fraction of sp³-hybridized carbons (Fsp3) is 1.00. The van der Waals surface area contributed by atoms with Crippen LogP contribution in [0.1, 0.15) is 6.42 Å². The number of hydrogen-bond acceptors (Lipinski definition) is 4.